The number of alkyl halides is 2. The van der Waals surface area contributed by atoms with Crippen molar-refractivity contribution in [2.75, 3.05) is 13.1 Å². The molecule has 0 radical (unpaired) electrons. The summed E-state index contributed by atoms with van der Waals surface area (Å²) in [6, 6.07) is 6.42. The minimum atomic E-state index is -2.88. The van der Waals surface area contributed by atoms with Gasteiger partial charge in [-0.3, -0.25) is 4.79 Å². The van der Waals surface area contributed by atoms with Gasteiger partial charge in [0, 0.05) is 24.7 Å². The summed E-state index contributed by atoms with van der Waals surface area (Å²) in [5.74, 6) is 0.488. The Morgan fingerprint density at radius 1 is 1.43 bits per heavy atom. The fraction of sp³-hybridized carbons (Fsp3) is 0.438. The first-order valence-corrected chi connectivity index (χ1v) is 7.07. The van der Waals surface area contributed by atoms with Crippen molar-refractivity contribution in [3.63, 3.8) is 0 Å². The molecule has 0 bridgehead atoms. The molecule has 0 N–H and O–H groups in total. The molecular weight excluding hydrogens is 276 g/mol. The Labute approximate surface area is 123 Å². The highest BCUT2D eigenvalue weighted by Crippen LogP contribution is 2.22. The van der Waals surface area contributed by atoms with Gasteiger partial charge in [-0.1, -0.05) is 25.1 Å². The van der Waals surface area contributed by atoms with E-state index in [0.717, 1.165) is 25.9 Å². The zero-order chi connectivity index (χ0) is 15.2. The summed E-state index contributed by atoms with van der Waals surface area (Å²) in [6.45, 7) is 0.744. The van der Waals surface area contributed by atoms with Gasteiger partial charge in [-0.2, -0.15) is 8.78 Å². The first-order chi connectivity index (χ1) is 10.1. The lowest BCUT2D eigenvalue weighted by atomic mass is 10.0. The molecule has 1 aliphatic heterocycles. The van der Waals surface area contributed by atoms with Gasteiger partial charge in [0.25, 0.3) is 0 Å². The van der Waals surface area contributed by atoms with E-state index in [1.165, 1.54) is 18.2 Å². The number of piperidine rings is 1. The molecule has 0 saturated carbocycles. The molecule has 1 atom stereocenters. The van der Waals surface area contributed by atoms with Crippen LogP contribution in [0.4, 0.5) is 8.78 Å². The Kier molecular flexibility index (Phi) is 5.31. The maximum Gasteiger partial charge on any atom is 0.387 e. The minimum absolute atomic E-state index is 0.0727. The fourth-order valence-electron chi connectivity index (χ4n) is 2.48. The Balaban J connectivity index is 2.05. The lowest BCUT2D eigenvalue weighted by Crippen LogP contribution is -2.38. The SMILES string of the molecule is CC1CCCN(C(=O)/C=C/c2ccccc2OC(F)F)C1. The van der Waals surface area contributed by atoms with Gasteiger partial charge in [-0.05, 0) is 30.9 Å². The molecule has 21 heavy (non-hydrogen) atoms. The van der Waals surface area contributed by atoms with Crippen LogP contribution in [-0.4, -0.2) is 30.5 Å². The number of carbonyl (C=O) groups is 1. The third-order valence-electron chi connectivity index (χ3n) is 3.51. The molecule has 1 fully saturated rings. The highest BCUT2D eigenvalue weighted by Gasteiger charge is 2.19. The van der Waals surface area contributed by atoms with Crippen LogP contribution in [0.2, 0.25) is 0 Å². The second-order valence-electron chi connectivity index (χ2n) is 5.28. The van der Waals surface area contributed by atoms with E-state index in [9.17, 15) is 13.6 Å². The van der Waals surface area contributed by atoms with Crippen LogP contribution in [0.15, 0.2) is 30.3 Å². The molecule has 5 heteroatoms. The molecule has 2 rings (SSSR count). The molecule has 3 nitrogen and oxygen atoms in total. The van der Waals surface area contributed by atoms with Gasteiger partial charge in [0.05, 0.1) is 0 Å². The average molecular weight is 295 g/mol. The zero-order valence-corrected chi connectivity index (χ0v) is 12.0. The number of likely N-dealkylation sites (tertiary alicyclic amines) is 1. The van der Waals surface area contributed by atoms with Gasteiger partial charge in [0.2, 0.25) is 5.91 Å². The smallest absolute Gasteiger partial charge is 0.387 e. The number of carbonyl (C=O) groups excluding carboxylic acids is 1. The van der Waals surface area contributed by atoms with Crippen molar-refractivity contribution in [1.82, 2.24) is 4.90 Å². The van der Waals surface area contributed by atoms with Crippen molar-refractivity contribution < 1.29 is 18.3 Å². The summed E-state index contributed by atoms with van der Waals surface area (Å²) in [5.41, 5.74) is 0.469. The number of para-hydroxylation sites is 1. The van der Waals surface area contributed by atoms with Crippen LogP contribution in [0.5, 0.6) is 5.75 Å². The van der Waals surface area contributed by atoms with E-state index in [2.05, 4.69) is 11.7 Å². The van der Waals surface area contributed by atoms with E-state index in [1.54, 1.807) is 23.1 Å². The quantitative estimate of drug-likeness (QED) is 0.795. The number of halogens is 2. The predicted molar refractivity (Wildman–Crippen MR) is 77.1 cm³/mol. The van der Waals surface area contributed by atoms with E-state index in [0.29, 0.717) is 11.5 Å². The van der Waals surface area contributed by atoms with Gasteiger partial charge in [0.1, 0.15) is 5.75 Å². The van der Waals surface area contributed by atoms with Crippen LogP contribution in [0.25, 0.3) is 6.08 Å². The molecule has 0 aliphatic carbocycles. The highest BCUT2D eigenvalue weighted by molar-refractivity contribution is 5.92. The minimum Gasteiger partial charge on any atom is -0.434 e. The normalized spacial score (nSPS) is 19.2. The Morgan fingerprint density at radius 2 is 2.19 bits per heavy atom. The Hall–Kier alpha value is -1.91. The van der Waals surface area contributed by atoms with Crippen molar-refractivity contribution in [2.45, 2.75) is 26.4 Å². The maximum absolute atomic E-state index is 12.3. The molecule has 1 aliphatic rings. The molecule has 1 unspecified atom stereocenters. The fourth-order valence-corrected chi connectivity index (χ4v) is 2.48. The van der Waals surface area contributed by atoms with Crippen molar-refractivity contribution in [2.24, 2.45) is 5.92 Å². The topological polar surface area (TPSA) is 29.5 Å². The molecule has 1 aromatic rings. The van der Waals surface area contributed by atoms with Crippen molar-refractivity contribution in [3.8, 4) is 5.75 Å². The summed E-state index contributed by atoms with van der Waals surface area (Å²) >= 11 is 0. The Morgan fingerprint density at radius 3 is 2.90 bits per heavy atom. The highest BCUT2D eigenvalue weighted by atomic mass is 19.3. The average Bonchev–Trinajstić information content (AvgIpc) is 2.45. The van der Waals surface area contributed by atoms with E-state index in [1.807, 2.05) is 0 Å². The third kappa shape index (κ3) is 4.55. The molecule has 114 valence electrons. The lowest BCUT2D eigenvalue weighted by molar-refractivity contribution is -0.127. The van der Waals surface area contributed by atoms with Crippen molar-refractivity contribution in [1.29, 1.82) is 0 Å². The number of hydrogen-bond donors (Lipinski definition) is 0. The number of hydrogen-bond acceptors (Lipinski definition) is 2. The van der Waals surface area contributed by atoms with E-state index < -0.39 is 6.61 Å². The van der Waals surface area contributed by atoms with Gasteiger partial charge in [-0.25, -0.2) is 0 Å². The van der Waals surface area contributed by atoms with E-state index in [-0.39, 0.29) is 11.7 Å². The van der Waals surface area contributed by atoms with Crippen LogP contribution in [0, 0.1) is 5.92 Å². The molecule has 1 heterocycles. The van der Waals surface area contributed by atoms with Crippen LogP contribution < -0.4 is 4.74 Å². The summed E-state index contributed by atoms with van der Waals surface area (Å²) in [4.78, 5) is 13.9. The van der Waals surface area contributed by atoms with Gasteiger partial charge in [0.15, 0.2) is 0 Å². The second-order valence-corrected chi connectivity index (χ2v) is 5.28. The van der Waals surface area contributed by atoms with Crippen LogP contribution in [-0.2, 0) is 4.79 Å². The summed E-state index contributed by atoms with van der Waals surface area (Å²) in [7, 11) is 0. The summed E-state index contributed by atoms with van der Waals surface area (Å²) in [5, 5.41) is 0. The first-order valence-electron chi connectivity index (χ1n) is 7.07. The molecular formula is C16H19F2NO2. The molecule has 1 saturated heterocycles. The standard InChI is InChI=1S/C16H19F2NO2/c1-12-5-4-10-19(11-12)15(20)9-8-13-6-2-3-7-14(13)21-16(17)18/h2-3,6-9,12,16H,4-5,10-11H2,1H3/b9-8+. The number of benzene rings is 1. The van der Waals surface area contributed by atoms with Crippen LogP contribution >= 0.6 is 0 Å². The maximum atomic E-state index is 12.3. The van der Waals surface area contributed by atoms with Crippen molar-refractivity contribution in [3.05, 3.63) is 35.9 Å². The number of ether oxygens (including phenoxy) is 1. The zero-order valence-electron chi connectivity index (χ0n) is 12.0. The molecule has 0 spiro atoms. The third-order valence-corrected chi connectivity index (χ3v) is 3.51. The summed E-state index contributed by atoms with van der Waals surface area (Å²) in [6.07, 6.45) is 5.09. The van der Waals surface area contributed by atoms with Gasteiger partial charge >= 0.3 is 6.61 Å². The monoisotopic (exact) mass is 295 g/mol. The van der Waals surface area contributed by atoms with E-state index in [4.69, 9.17) is 0 Å². The van der Waals surface area contributed by atoms with Crippen molar-refractivity contribution >= 4 is 12.0 Å². The molecule has 1 amide bonds. The number of amides is 1. The summed E-state index contributed by atoms with van der Waals surface area (Å²) < 4.78 is 29.1. The molecule has 0 aromatic heterocycles. The number of rotatable bonds is 4. The van der Waals surface area contributed by atoms with Crippen LogP contribution in [0.1, 0.15) is 25.3 Å². The number of nitrogens with zero attached hydrogens (tertiary/aromatic N) is 1. The Bertz CT molecular complexity index is 517. The largest absolute Gasteiger partial charge is 0.434 e. The molecule has 1 aromatic carbocycles. The van der Waals surface area contributed by atoms with Gasteiger partial charge < -0.3 is 9.64 Å². The van der Waals surface area contributed by atoms with Crippen LogP contribution in [0.3, 0.4) is 0 Å². The second kappa shape index (κ2) is 7.20. The lowest BCUT2D eigenvalue weighted by Gasteiger charge is -2.30. The first kappa shape index (κ1) is 15.5. The van der Waals surface area contributed by atoms with E-state index >= 15 is 0 Å². The predicted octanol–water partition coefficient (Wildman–Crippen LogP) is 3.56. The van der Waals surface area contributed by atoms with Gasteiger partial charge in [-0.15, -0.1) is 0 Å².